The molecule has 1 atom stereocenters. The van der Waals surface area contributed by atoms with Crippen LogP contribution in [0.3, 0.4) is 0 Å². The van der Waals surface area contributed by atoms with E-state index < -0.39 is 0 Å². The second-order valence-electron chi connectivity index (χ2n) is 7.29. The van der Waals surface area contributed by atoms with E-state index in [9.17, 15) is 4.79 Å². The number of urea groups is 1. The number of benzene rings is 1. The monoisotopic (exact) mass is 349 g/mol. The summed E-state index contributed by atoms with van der Waals surface area (Å²) in [5.74, 6) is 1.27. The lowest BCUT2D eigenvalue weighted by molar-refractivity contribution is 0.172. The van der Waals surface area contributed by atoms with Crippen molar-refractivity contribution in [1.29, 1.82) is 0 Å². The van der Waals surface area contributed by atoms with E-state index in [-0.39, 0.29) is 6.03 Å². The normalized spacial score (nSPS) is 22.5. The molecule has 1 unspecified atom stereocenters. The van der Waals surface area contributed by atoms with E-state index in [4.69, 9.17) is 11.6 Å². The van der Waals surface area contributed by atoms with Gasteiger partial charge in [0.05, 0.1) is 0 Å². The van der Waals surface area contributed by atoms with E-state index in [1.54, 1.807) is 0 Å². The lowest BCUT2D eigenvalue weighted by Crippen LogP contribution is -2.47. The van der Waals surface area contributed by atoms with Gasteiger partial charge in [0.15, 0.2) is 0 Å². The average molecular weight is 350 g/mol. The zero-order chi connectivity index (χ0) is 16.9. The van der Waals surface area contributed by atoms with Crippen molar-refractivity contribution in [3.8, 4) is 0 Å². The molecule has 0 spiro atoms. The molecule has 2 heterocycles. The Morgan fingerprint density at radius 2 is 1.88 bits per heavy atom. The van der Waals surface area contributed by atoms with E-state index >= 15 is 0 Å². The van der Waals surface area contributed by atoms with Crippen LogP contribution in [0.4, 0.5) is 10.5 Å². The Labute approximate surface area is 150 Å². The number of nitrogens with one attached hydrogen (secondary N) is 1. The van der Waals surface area contributed by atoms with E-state index in [1.165, 1.54) is 18.5 Å². The third-order valence-electron chi connectivity index (χ3n) is 5.32. The minimum Gasteiger partial charge on any atom is -0.371 e. The zero-order valence-corrected chi connectivity index (χ0v) is 15.3. The van der Waals surface area contributed by atoms with Crippen LogP contribution in [0, 0.1) is 11.8 Å². The van der Waals surface area contributed by atoms with Gasteiger partial charge >= 0.3 is 6.03 Å². The van der Waals surface area contributed by atoms with Crippen molar-refractivity contribution >= 4 is 23.3 Å². The summed E-state index contributed by atoms with van der Waals surface area (Å²) in [6, 6.07) is 8.17. The molecular weight excluding hydrogens is 322 g/mol. The molecule has 24 heavy (non-hydrogen) atoms. The van der Waals surface area contributed by atoms with Gasteiger partial charge in [0.1, 0.15) is 0 Å². The van der Waals surface area contributed by atoms with Crippen molar-refractivity contribution in [2.45, 2.75) is 32.6 Å². The molecule has 1 N–H and O–H groups in total. The van der Waals surface area contributed by atoms with Gasteiger partial charge in [0.2, 0.25) is 0 Å². The van der Waals surface area contributed by atoms with E-state index in [2.05, 4.69) is 29.3 Å². The molecule has 3 rings (SSSR count). The zero-order valence-electron chi connectivity index (χ0n) is 14.5. The Balaban J connectivity index is 1.47. The van der Waals surface area contributed by atoms with E-state index in [0.29, 0.717) is 5.92 Å². The Kier molecular flexibility index (Phi) is 5.88. The lowest BCUT2D eigenvalue weighted by atomic mass is 9.97. The second kappa shape index (κ2) is 8.11. The van der Waals surface area contributed by atoms with Gasteiger partial charge in [-0.25, -0.2) is 4.79 Å². The molecule has 1 aromatic rings. The van der Waals surface area contributed by atoms with E-state index in [1.807, 2.05) is 17.0 Å². The van der Waals surface area contributed by atoms with Crippen LogP contribution in [0.1, 0.15) is 32.6 Å². The van der Waals surface area contributed by atoms with Crippen LogP contribution in [-0.2, 0) is 0 Å². The number of amides is 2. The second-order valence-corrected chi connectivity index (χ2v) is 7.72. The van der Waals surface area contributed by atoms with Crippen LogP contribution >= 0.6 is 11.6 Å². The summed E-state index contributed by atoms with van der Waals surface area (Å²) in [6.07, 6.45) is 4.61. The number of anilines is 1. The molecule has 5 heteroatoms. The maximum Gasteiger partial charge on any atom is 0.317 e. The molecule has 2 aliphatic heterocycles. The highest BCUT2D eigenvalue weighted by molar-refractivity contribution is 6.30. The largest absolute Gasteiger partial charge is 0.371 e. The highest BCUT2D eigenvalue weighted by Gasteiger charge is 2.23. The fourth-order valence-electron chi connectivity index (χ4n) is 3.67. The van der Waals surface area contributed by atoms with Gasteiger partial charge in [-0.1, -0.05) is 18.5 Å². The predicted molar refractivity (Wildman–Crippen MR) is 99.8 cm³/mol. The number of rotatable bonds is 3. The third kappa shape index (κ3) is 4.56. The highest BCUT2D eigenvalue weighted by atomic mass is 35.5. The maximum atomic E-state index is 12.3. The van der Waals surface area contributed by atoms with Crippen molar-refractivity contribution in [3.63, 3.8) is 0 Å². The van der Waals surface area contributed by atoms with Crippen molar-refractivity contribution in [2.24, 2.45) is 11.8 Å². The molecule has 2 fully saturated rings. The summed E-state index contributed by atoms with van der Waals surface area (Å²) in [5.41, 5.74) is 1.22. The summed E-state index contributed by atoms with van der Waals surface area (Å²) in [4.78, 5) is 16.7. The Hall–Kier alpha value is -1.42. The summed E-state index contributed by atoms with van der Waals surface area (Å²) in [7, 11) is 0. The van der Waals surface area contributed by atoms with Gasteiger partial charge in [-0.3, -0.25) is 0 Å². The molecular formula is C19H28ClN3O. The Bertz CT molecular complexity index is 540. The number of piperidine rings is 2. The maximum absolute atomic E-state index is 12.3. The number of nitrogens with zero attached hydrogens (tertiary/aromatic N) is 2. The number of carbonyl (C=O) groups is 1. The summed E-state index contributed by atoms with van der Waals surface area (Å²) < 4.78 is 0. The SMILES string of the molecule is CC1CCN(C(=O)NCC2CCCN(c3ccc(Cl)cc3)C2)CC1. The molecule has 1 aromatic carbocycles. The van der Waals surface area contributed by atoms with Crippen molar-refractivity contribution in [1.82, 2.24) is 10.2 Å². The summed E-state index contributed by atoms with van der Waals surface area (Å²) in [6.45, 7) is 6.91. The molecule has 2 aliphatic rings. The fourth-order valence-corrected chi connectivity index (χ4v) is 3.80. The summed E-state index contributed by atoms with van der Waals surface area (Å²) >= 11 is 5.98. The first-order valence-electron chi connectivity index (χ1n) is 9.15. The smallest absolute Gasteiger partial charge is 0.317 e. The van der Waals surface area contributed by atoms with Crippen molar-refractivity contribution < 1.29 is 4.79 Å². The molecule has 132 valence electrons. The number of hydrogen-bond donors (Lipinski definition) is 1. The fraction of sp³-hybridized carbons (Fsp3) is 0.632. The molecule has 0 saturated carbocycles. The van der Waals surface area contributed by atoms with Crippen LogP contribution in [-0.4, -0.2) is 43.7 Å². The van der Waals surface area contributed by atoms with Crippen LogP contribution in [0.2, 0.25) is 5.02 Å². The number of hydrogen-bond acceptors (Lipinski definition) is 2. The molecule has 2 saturated heterocycles. The number of likely N-dealkylation sites (tertiary alicyclic amines) is 1. The van der Waals surface area contributed by atoms with Gasteiger partial charge in [-0.15, -0.1) is 0 Å². The summed E-state index contributed by atoms with van der Waals surface area (Å²) in [5, 5.41) is 3.93. The minimum atomic E-state index is 0.116. The lowest BCUT2D eigenvalue weighted by Gasteiger charge is -2.35. The Morgan fingerprint density at radius 3 is 2.58 bits per heavy atom. The van der Waals surface area contributed by atoms with Crippen molar-refractivity contribution in [3.05, 3.63) is 29.3 Å². The highest BCUT2D eigenvalue weighted by Crippen LogP contribution is 2.24. The molecule has 0 aliphatic carbocycles. The molecule has 0 radical (unpaired) electrons. The molecule has 2 amide bonds. The van der Waals surface area contributed by atoms with Crippen LogP contribution in [0.5, 0.6) is 0 Å². The standard InChI is InChI=1S/C19H28ClN3O/c1-15-8-11-22(12-9-15)19(24)21-13-16-3-2-10-23(14-16)18-6-4-17(20)5-7-18/h4-7,15-16H,2-3,8-14H2,1H3,(H,21,24). The van der Waals surface area contributed by atoms with Gasteiger partial charge in [-0.2, -0.15) is 0 Å². The quantitative estimate of drug-likeness (QED) is 0.895. The topological polar surface area (TPSA) is 35.6 Å². The first-order valence-corrected chi connectivity index (χ1v) is 9.53. The molecule has 4 nitrogen and oxygen atoms in total. The van der Waals surface area contributed by atoms with E-state index in [0.717, 1.165) is 56.5 Å². The number of carbonyl (C=O) groups excluding carboxylic acids is 1. The third-order valence-corrected chi connectivity index (χ3v) is 5.58. The van der Waals surface area contributed by atoms with Crippen molar-refractivity contribution in [2.75, 3.05) is 37.6 Å². The Morgan fingerprint density at radius 1 is 1.17 bits per heavy atom. The van der Waals surface area contributed by atoms with Crippen LogP contribution in [0.15, 0.2) is 24.3 Å². The average Bonchev–Trinajstić information content (AvgIpc) is 2.61. The van der Waals surface area contributed by atoms with Gasteiger partial charge in [0, 0.05) is 43.4 Å². The molecule has 0 aromatic heterocycles. The van der Waals surface area contributed by atoms with Crippen LogP contribution < -0.4 is 10.2 Å². The van der Waals surface area contributed by atoms with Gasteiger partial charge < -0.3 is 15.1 Å². The minimum absolute atomic E-state index is 0.116. The predicted octanol–water partition coefficient (Wildman–Crippen LogP) is 4.00. The first-order chi connectivity index (χ1) is 11.6. The van der Waals surface area contributed by atoms with Crippen LogP contribution in [0.25, 0.3) is 0 Å². The first kappa shape index (κ1) is 17.4. The van der Waals surface area contributed by atoms with Gasteiger partial charge in [-0.05, 0) is 61.8 Å². The molecule has 0 bridgehead atoms. The van der Waals surface area contributed by atoms with Gasteiger partial charge in [0.25, 0.3) is 0 Å². The number of halogens is 1.